The summed E-state index contributed by atoms with van der Waals surface area (Å²) in [6.07, 6.45) is 4.25. The molecular formula is C10H18O2S. The average Bonchev–Trinajstić information content (AvgIpc) is 2.03. The van der Waals surface area contributed by atoms with Crippen molar-refractivity contribution in [2.75, 3.05) is 0 Å². The SMILES string of the molecule is CC(C)SC1CCCCC1C(=O)O. The summed E-state index contributed by atoms with van der Waals surface area (Å²) >= 11 is 1.83. The van der Waals surface area contributed by atoms with Crippen molar-refractivity contribution in [2.24, 2.45) is 5.92 Å². The molecule has 1 saturated carbocycles. The van der Waals surface area contributed by atoms with Crippen LogP contribution in [0.3, 0.4) is 0 Å². The van der Waals surface area contributed by atoms with E-state index in [9.17, 15) is 4.79 Å². The van der Waals surface area contributed by atoms with Gasteiger partial charge in [-0.15, -0.1) is 0 Å². The number of carbonyl (C=O) groups is 1. The molecule has 0 aromatic heterocycles. The van der Waals surface area contributed by atoms with Gasteiger partial charge in [0, 0.05) is 5.25 Å². The summed E-state index contributed by atoms with van der Waals surface area (Å²) in [6, 6.07) is 0. The van der Waals surface area contributed by atoms with Crippen LogP contribution in [0.4, 0.5) is 0 Å². The van der Waals surface area contributed by atoms with E-state index >= 15 is 0 Å². The zero-order valence-corrected chi connectivity index (χ0v) is 9.14. The van der Waals surface area contributed by atoms with E-state index in [-0.39, 0.29) is 5.92 Å². The Bertz CT molecular complexity index is 180. The first-order valence-electron chi connectivity index (χ1n) is 4.99. The molecule has 0 heterocycles. The zero-order chi connectivity index (χ0) is 9.84. The predicted molar refractivity (Wildman–Crippen MR) is 56.1 cm³/mol. The van der Waals surface area contributed by atoms with Crippen LogP contribution in [0.25, 0.3) is 0 Å². The standard InChI is InChI=1S/C10H18O2S/c1-7(2)13-9-6-4-3-5-8(9)10(11)12/h7-9H,3-6H2,1-2H3,(H,11,12). The van der Waals surface area contributed by atoms with Crippen molar-refractivity contribution >= 4 is 17.7 Å². The molecule has 76 valence electrons. The highest BCUT2D eigenvalue weighted by Gasteiger charge is 2.31. The van der Waals surface area contributed by atoms with Gasteiger partial charge in [0.1, 0.15) is 0 Å². The Morgan fingerprint density at radius 1 is 1.38 bits per heavy atom. The molecule has 0 aromatic carbocycles. The third kappa shape index (κ3) is 3.22. The van der Waals surface area contributed by atoms with E-state index in [1.807, 2.05) is 11.8 Å². The van der Waals surface area contributed by atoms with Gasteiger partial charge in [0.15, 0.2) is 0 Å². The minimum atomic E-state index is -0.599. The molecule has 0 bridgehead atoms. The van der Waals surface area contributed by atoms with Gasteiger partial charge in [0.25, 0.3) is 0 Å². The number of hydrogen-bond donors (Lipinski definition) is 1. The van der Waals surface area contributed by atoms with Gasteiger partial charge in [-0.3, -0.25) is 4.79 Å². The number of rotatable bonds is 3. The lowest BCUT2D eigenvalue weighted by Crippen LogP contribution is -2.30. The Hall–Kier alpha value is -0.180. The molecule has 0 spiro atoms. The third-order valence-electron chi connectivity index (χ3n) is 2.47. The Labute approximate surface area is 84.1 Å². The minimum absolute atomic E-state index is 0.0962. The number of carboxylic acids is 1. The highest BCUT2D eigenvalue weighted by molar-refractivity contribution is 8.00. The van der Waals surface area contributed by atoms with Crippen molar-refractivity contribution in [2.45, 2.75) is 50.0 Å². The van der Waals surface area contributed by atoms with Crippen LogP contribution in [0.2, 0.25) is 0 Å². The smallest absolute Gasteiger partial charge is 0.307 e. The summed E-state index contributed by atoms with van der Waals surface area (Å²) in [6.45, 7) is 4.27. The Morgan fingerprint density at radius 3 is 2.54 bits per heavy atom. The van der Waals surface area contributed by atoms with E-state index in [0.29, 0.717) is 10.5 Å². The Morgan fingerprint density at radius 2 is 2.00 bits per heavy atom. The van der Waals surface area contributed by atoms with E-state index in [4.69, 9.17) is 5.11 Å². The fourth-order valence-corrected chi connectivity index (χ4v) is 3.34. The van der Waals surface area contributed by atoms with Gasteiger partial charge in [0.05, 0.1) is 5.92 Å². The van der Waals surface area contributed by atoms with E-state index in [1.165, 1.54) is 6.42 Å². The van der Waals surface area contributed by atoms with Crippen molar-refractivity contribution < 1.29 is 9.90 Å². The van der Waals surface area contributed by atoms with Crippen molar-refractivity contribution in [1.29, 1.82) is 0 Å². The van der Waals surface area contributed by atoms with E-state index in [2.05, 4.69) is 13.8 Å². The number of thioether (sulfide) groups is 1. The molecule has 0 amide bonds. The zero-order valence-electron chi connectivity index (χ0n) is 8.32. The van der Waals surface area contributed by atoms with Gasteiger partial charge >= 0.3 is 5.97 Å². The molecule has 2 nitrogen and oxygen atoms in total. The molecule has 3 heteroatoms. The van der Waals surface area contributed by atoms with E-state index in [0.717, 1.165) is 19.3 Å². The second-order valence-electron chi connectivity index (χ2n) is 3.95. The molecule has 2 atom stereocenters. The van der Waals surface area contributed by atoms with Crippen molar-refractivity contribution in [3.8, 4) is 0 Å². The molecule has 0 aliphatic heterocycles. The fraction of sp³-hybridized carbons (Fsp3) is 0.900. The Kier molecular flexibility index (Phi) is 4.10. The Balaban J connectivity index is 2.51. The molecule has 1 aliphatic rings. The van der Waals surface area contributed by atoms with Crippen LogP contribution in [0, 0.1) is 5.92 Å². The highest BCUT2D eigenvalue weighted by Crippen LogP contribution is 2.35. The number of carboxylic acid groups (broad SMARTS) is 1. The third-order valence-corrected chi connectivity index (χ3v) is 3.92. The fourth-order valence-electron chi connectivity index (χ4n) is 1.89. The lowest BCUT2D eigenvalue weighted by molar-refractivity contribution is -0.142. The number of aliphatic carboxylic acids is 1. The van der Waals surface area contributed by atoms with Crippen molar-refractivity contribution in [3.63, 3.8) is 0 Å². The maximum atomic E-state index is 10.9. The average molecular weight is 202 g/mol. The van der Waals surface area contributed by atoms with Crippen LogP contribution in [0.15, 0.2) is 0 Å². The molecule has 0 saturated heterocycles. The van der Waals surface area contributed by atoms with Crippen LogP contribution < -0.4 is 0 Å². The normalized spacial score (nSPS) is 29.2. The first kappa shape index (κ1) is 10.9. The molecule has 2 unspecified atom stereocenters. The molecule has 0 radical (unpaired) electrons. The second kappa shape index (κ2) is 4.89. The first-order valence-corrected chi connectivity index (χ1v) is 5.94. The summed E-state index contributed by atoms with van der Waals surface area (Å²) in [5, 5.41) is 9.91. The summed E-state index contributed by atoms with van der Waals surface area (Å²) in [5.74, 6) is -0.695. The van der Waals surface area contributed by atoms with Crippen LogP contribution in [0.1, 0.15) is 39.5 Å². The van der Waals surface area contributed by atoms with Gasteiger partial charge in [-0.25, -0.2) is 0 Å². The quantitative estimate of drug-likeness (QED) is 0.764. The van der Waals surface area contributed by atoms with Gasteiger partial charge in [-0.05, 0) is 18.1 Å². The summed E-state index contributed by atoms with van der Waals surface area (Å²) in [7, 11) is 0. The molecular weight excluding hydrogens is 184 g/mol. The topological polar surface area (TPSA) is 37.3 Å². The first-order chi connectivity index (χ1) is 6.11. The monoisotopic (exact) mass is 202 g/mol. The maximum Gasteiger partial charge on any atom is 0.307 e. The van der Waals surface area contributed by atoms with Crippen molar-refractivity contribution in [1.82, 2.24) is 0 Å². The molecule has 1 N–H and O–H groups in total. The van der Waals surface area contributed by atoms with Gasteiger partial charge in [0.2, 0.25) is 0 Å². The molecule has 1 fully saturated rings. The van der Waals surface area contributed by atoms with Gasteiger partial charge < -0.3 is 5.11 Å². The van der Waals surface area contributed by atoms with E-state index < -0.39 is 5.97 Å². The van der Waals surface area contributed by atoms with Crippen molar-refractivity contribution in [3.05, 3.63) is 0 Å². The molecule has 1 aliphatic carbocycles. The second-order valence-corrected chi connectivity index (χ2v) is 5.77. The molecule has 1 rings (SSSR count). The van der Waals surface area contributed by atoms with Crippen LogP contribution in [-0.2, 0) is 4.79 Å². The summed E-state index contributed by atoms with van der Waals surface area (Å²) in [5.41, 5.74) is 0. The summed E-state index contributed by atoms with van der Waals surface area (Å²) in [4.78, 5) is 10.9. The van der Waals surface area contributed by atoms with Gasteiger partial charge in [-0.2, -0.15) is 11.8 Å². The number of hydrogen-bond acceptors (Lipinski definition) is 2. The van der Waals surface area contributed by atoms with E-state index in [1.54, 1.807) is 0 Å². The lowest BCUT2D eigenvalue weighted by Gasteiger charge is -2.29. The van der Waals surface area contributed by atoms with Crippen LogP contribution in [0.5, 0.6) is 0 Å². The largest absolute Gasteiger partial charge is 0.481 e. The predicted octanol–water partition coefficient (Wildman–Crippen LogP) is 2.77. The molecule has 0 aromatic rings. The van der Waals surface area contributed by atoms with Gasteiger partial charge in [-0.1, -0.05) is 26.7 Å². The lowest BCUT2D eigenvalue weighted by atomic mass is 9.89. The van der Waals surface area contributed by atoms with Crippen LogP contribution in [-0.4, -0.2) is 21.6 Å². The highest BCUT2D eigenvalue weighted by atomic mass is 32.2. The van der Waals surface area contributed by atoms with Crippen LogP contribution >= 0.6 is 11.8 Å². The summed E-state index contributed by atoms with van der Waals surface area (Å²) < 4.78 is 0. The minimum Gasteiger partial charge on any atom is -0.481 e. The molecule has 13 heavy (non-hydrogen) atoms. The maximum absolute atomic E-state index is 10.9.